The van der Waals surface area contributed by atoms with Gasteiger partial charge in [0.2, 0.25) is 0 Å². The number of carboxylic acids is 1. The van der Waals surface area contributed by atoms with Crippen LogP contribution in [0.3, 0.4) is 0 Å². The zero-order valence-corrected chi connectivity index (χ0v) is 22.3. The summed E-state index contributed by atoms with van der Waals surface area (Å²) in [6.07, 6.45) is 4.42. The first kappa shape index (κ1) is 29.3. The Bertz CT molecular complexity index is 518. The predicted molar refractivity (Wildman–Crippen MR) is 136 cm³/mol. The van der Waals surface area contributed by atoms with E-state index in [0.29, 0.717) is 35.8 Å². The second-order valence-electron chi connectivity index (χ2n) is 10.5. The first-order chi connectivity index (χ1) is 15.2. The Kier molecular flexibility index (Phi) is 14.0. The Morgan fingerprint density at radius 3 is 1.59 bits per heavy atom. The number of hydrogen-bond donors (Lipinski definition) is 4. The third-order valence-corrected chi connectivity index (χ3v) is 8.32. The van der Waals surface area contributed by atoms with Gasteiger partial charge >= 0.3 is 5.97 Å². The lowest BCUT2D eigenvalue weighted by Gasteiger charge is -2.41. The summed E-state index contributed by atoms with van der Waals surface area (Å²) in [5.74, 6) is 1.34. The first-order valence-corrected chi connectivity index (χ1v) is 13.3. The quantitative estimate of drug-likeness (QED) is 0.402. The Balaban J connectivity index is 3.28. The highest BCUT2D eigenvalue weighted by atomic mass is 16.4. The maximum atomic E-state index is 11.9. The summed E-state index contributed by atoms with van der Waals surface area (Å²) >= 11 is 0. The van der Waals surface area contributed by atoms with Gasteiger partial charge in [-0.1, -0.05) is 81.1 Å². The molecular weight excluding hydrogens is 400 g/mol. The molecule has 1 fully saturated rings. The highest BCUT2D eigenvalue weighted by Gasteiger charge is 2.31. The Morgan fingerprint density at radius 2 is 1.16 bits per heavy atom. The van der Waals surface area contributed by atoms with Gasteiger partial charge in [0.15, 0.2) is 0 Å². The molecule has 8 atom stereocenters. The number of carboxylic acid groups (broad SMARTS) is 1. The van der Waals surface area contributed by atoms with Crippen LogP contribution in [0, 0.1) is 23.7 Å². The molecule has 4 N–H and O–H groups in total. The van der Waals surface area contributed by atoms with Crippen LogP contribution in [0.5, 0.6) is 0 Å². The Labute approximate surface area is 198 Å². The van der Waals surface area contributed by atoms with Gasteiger partial charge in [0.1, 0.15) is 0 Å². The molecule has 0 radical (unpaired) electrons. The number of aliphatic carboxylic acids is 1. The second kappa shape index (κ2) is 15.3. The molecule has 1 rings (SSSR count). The molecule has 6 heteroatoms. The first-order valence-electron chi connectivity index (χ1n) is 13.3. The molecule has 0 amide bonds. The van der Waals surface area contributed by atoms with Gasteiger partial charge in [-0.2, -0.15) is 0 Å². The van der Waals surface area contributed by atoms with Crippen LogP contribution in [-0.4, -0.2) is 72.9 Å². The molecule has 1 aliphatic rings. The zero-order valence-electron chi connectivity index (χ0n) is 22.3. The Morgan fingerprint density at radius 1 is 0.750 bits per heavy atom. The fraction of sp³-hybridized carbons (Fsp3) is 0.962. The van der Waals surface area contributed by atoms with Crippen molar-refractivity contribution in [2.45, 2.75) is 105 Å². The summed E-state index contributed by atoms with van der Waals surface area (Å²) in [4.78, 5) is 14.1. The molecule has 190 valence electrons. The normalized spacial score (nSPS) is 30.5. The minimum absolute atomic E-state index is 0.104. The van der Waals surface area contributed by atoms with Crippen molar-refractivity contribution in [1.29, 1.82) is 0 Å². The summed E-state index contributed by atoms with van der Waals surface area (Å²) in [5.41, 5.74) is 0. The molecule has 6 nitrogen and oxygen atoms in total. The van der Waals surface area contributed by atoms with Crippen LogP contribution in [-0.2, 0) is 4.79 Å². The summed E-state index contributed by atoms with van der Waals surface area (Å²) < 4.78 is 0. The summed E-state index contributed by atoms with van der Waals surface area (Å²) in [6, 6.07) is 1.29. The lowest BCUT2D eigenvalue weighted by molar-refractivity contribution is -0.139. The molecule has 0 aromatic heterocycles. The fourth-order valence-electron chi connectivity index (χ4n) is 4.78. The van der Waals surface area contributed by atoms with Gasteiger partial charge in [-0.05, 0) is 23.7 Å². The van der Waals surface area contributed by atoms with Crippen molar-refractivity contribution in [2.24, 2.45) is 23.7 Å². The minimum Gasteiger partial charge on any atom is -0.480 e. The molecule has 0 spiro atoms. The van der Waals surface area contributed by atoms with Crippen LogP contribution >= 0.6 is 0 Å². The van der Waals surface area contributed by atoms with E-state index in [9.17, 15) is 9.90 Å². The fourth-order valence-corrected chi connectivity index (χ4v) is 4.78. The van der Waals surface area contributed by atoms with Crippen molar-refractivity contribution in [1.82, 2.24) is 20.9 Å². The highest BCUT2D eigenvalue weighted by molar-refractivity contribution is 5.69. The molecule has 0 aromatic rings. The third-order valence-electron chi connectivity index (χ3n) is 8.32. The van der Waals surface area contributed by atoms with Gasteiger partial charge in [-0.3, -0.25) is 9.69 Å². The number of nitrogens with zero attached hydrogens (tertiary/aromatic N) is 1. The lowest BCUT2D eigenvalue weighted by atomic mass is 9.91. The van der Waals surface area contributed by atoms with E-state index in [1.807, 2.05) is 0 Å². The monoisotopic (exact) mass is 454 g/mol. The average Bonchev–Trinajstić information content (AvgIpc) is 2.78. The molecule has 32 heavy (non-hydrogen) atoms. The molecule has 0 aliphatic carbocycles. The molecule has 1 aliphatic heterocycles. The molecule has 0 aromatic carbocycles. The second-order valence-corrected chi connectivity index (χ2v) is 10.5. The average molecular weight is 455 g/mol. The van der Waals surface area contributed by atoms with E-state index < -0.39 is 5.97 Å². The van der Waals surface area contributed by atoms with E-state index in [0.717, 1.165) is 51.9 Å². The van der Waals surface area contributed by atoms with Crippen molar-refractivity contribution < 1.29 is 9.90 Å². The van der Waals surface area contributed by atoms with E-state index in [1.165, 1.54) is 0 Å². The van der Waals surface area contributed by atoms with Crippen LogP contribution in [0.15, 0.2) is 0 Å². The third kappa shape index (κ3) is 9.28. The SMILES string of the molecule is CC[C@@H](C)[C@H]1CN[C@@H]([C@H](C)CC)CN[C@@H]([C@H](C)CC)CN[C@@H]([C@H](C)CC)CN1CC(=O)O. The smallest absolute Gasteiger partial charge is 0.317 e. The van der Waals surface area contributed by atoms with Crippen molar-refractivity contribution in [3.05, 3.63) is 0 Å². The van der Waals surface area contributed by atoms with Crippen LogP contribution in [0.25, 0.3) is 0 Å². The van der Waals surface area contributed by atoms with E-state index in [-0.39, 0.29) is 18.6 Å². The van der Waals surface area contributed by atoms with Gasteiger partial charge in [0.05, 0.1) is 6.54 Å². The molecule has 0 unspecified atom stereocenters. The molecule has 1 saturated heterocycles. The van der Waals surface area contributed by atoms with Gasteiger partial charge in [0.25, 0.3) is 0 Å². The molecule has 1 heterocycles. The maximum Gasteiger partial charge on any atom is 0.317 e. The predicted octanol–water partition coefficient (Wildman–Crippen LogP) is 3.81. The van der Waals surface area contributed by atoms with Gasteiger partial charge < -0.3 is 21.1 Å². The van der Waals surface area contributed by atoms with Crippen LogP contribution < -0.4 is 16.0 Å². The maximum absolute atomic E-state index is 11.9. The van der Waals surface area contributed by atoms with Gasteiger partial charge in [-0.25, -0.2) is 0 Å². The van der Waals surface area contributed by atoms with Crippen LogP contribution in [0.2, 0.25) is 0 Å². The van der Waals surface area contributed by atoms with Crippen LogP contribution in [0.4, 0.5) is 0 Å². The van der Waals surface area contributed by atoms with Crippen molar-refractivity contribution in [2.75, 3.05) is 32.7 Å². The summed E-state index contributed by atoms with van der Waals surface area (Å²) in [5, 5.41) is 21.4. The number of carbonyl (C=O) groups is 1. The number of nitrogens with one attached hydrogen (secondary N) is 3. The molecule has 0 bridgehead atoms. The van der Waals surface area contributed by atoms with E-state index in [2.05, 4.69) is 76.2 Å². The van der Waals surface area contributed by atoms with Crippen molar-refractivity contribution in [3.63, 3.8) is 0 Å². The van der Waals surface area contributed by atoms with E-state index in [4.69, 9.17) is 0 Å². The number of hydrogen-bond acceptors (Lipinski definition) is 5. The van der Waals surface area contributed by atoms with E-state index in [1.54, 1.807) is 0 Å². The van der Waals surface area contributed by atoms with Crippen LogP contribution in [0.1, 0.15) is 81.1 Å². The highest BCUT2D eigenvalue weighted by Crippen LogP contribution is 2.20. The van der Waals surface area contributed by atoms with Gasteiger partial charge in [0, 0.05) is 50.3 Å². The molecular formula is C26H54N4O2. The van der Waals surface area contributed by atoms with Crippen molar-refractivity contribution >= 4 is 5.97 Å². The van der Waals surface area contributed by atoms with E-state index >= 15 is 0 Å². The lowest BCUT2D eigenvalue weighted by Crippen LogP contribution is -2.59. The van der Waals surface area contributed by atoms with Gasteiger partial charge in [-0.15, -0.1) is 0 Å². The minimum atomic E-state index is -0.731. The summed E-state index contributed by atoms with van der Waals surface area (Å²) in [7, 11) is 0. The number of rotatable bonds is 10. The van der Waals surface area contributed by atoms with Crippen molar-refractivity contribution in [3.8, 4) is 0 Å². The largest absolute Gasteiger partial charge is 0.480 e. The zero-order chi connectivity index (χ0) is 24.3. The molecule has 0 saturated carbocycles. The summed E-state index contributed by atoms with van der Waals surface area (Å²) in [6.45, 7) is 21.8. The standard InChI is InChI=1S/C26H54N4O2/c1-9-18(5)22-14-28-24(20(7)11-3)16-30(17-26(31)32)25(21(8)12-4)15-29-23(13-27-22)19(6)10-2/h18-25,27-29H,9-17H2,1-8H3,(H,31,32)/t18-,19-,20-,21-,22-,23-,24-,25-/m1/s1. The Hall–Kier alpha value is -0.690. The topological polar surface area (TPSA) is 76.6 Å².